The van der Waals surface area contributed by atoms with Crippen LogP contribution in [0.3, 0.4) is 0 Å². The van der Waals surface area contributed by atoms with Crippen LogP contribution in [0.5, 0.6) is 0 Å². The minimum absolute atomic E-state index is 0.353. The fourth-order valence-electron chi connectivity index (χ4n) is 1.85. The molecule has 0 aliphatic rings. The van der Waals surface area contributed by atoms with E-state index in [9.17, 15) is 9.90 Å². The van der Waals surface area contributed by atoms with Gasteiger partial charge in [-0.1, -0.05) is 39.7 Å². The number of carboxylic acids is 1. The summed E-state index contributed by atoms with van der Waals surface area (Å²) in [7, 11) is 0. The van der Waals surface area contributed by atoms with Gasteiger partial charge >= 0.3 is 5.97 Å². The van der Waals surface area contributed by atoms with Crippen molar-refractivity contribution in [1.29, 1.82) is 0 Å². The van der Waals surface area contributed by atoms with Gasteiger partial charge in [0.2, 0.25) is 0 Å². The summed E-state index contributed by atoms with van der Waals surface area (Å²) >= 11 is 9.40. The fourth-order valence-corrected chi connectivity index (χ4v) is 2.55. The normalized spacial score (nSPS) is 12.1. The monoisotopic (exact) mass is 339 g/mol. The predicted molar refractivity (Wildman–Crippen MR) is 77.5 cm³/mol. The summed E-state index contributed by atoms with van der Waals surface area (Å²) in [4.78, 5) is 15.5. The van der Waals surface area contributed by atoms with Crippen LogP contribution < -0.4 is 0 Å². The van der Waals surface area contributed by atoms with E-state index in [-0.39, 0.29) is 0 Å². The molecule has 1 aromatic heterocycles. The van der Waals surface area contributed by atoms with Crippen molar-refractivity contribution >= 4 is 33.5 Å². The Morgan fingerprint density at radius 1 is 1.37 bits per heavy atom. The Morgan fingerprint density at radius 2 is 2.16 bits per heavy atom. The molecule has 2 aromatic rings. The van der Waals surface area contributed by atoms with Crippen molar-refractivity contribution in [2.75, 3.05) is 0 Å². The van der Waals surface area contributed by atoms with Crippen LogP contribution in [0, 0.1) is 0 Å². The zero-order valence-electron chi connectivity index (χ0n) is 9.88. The van der Waals surface area contributed by atoms with Crippen LogP contribution in [-0.4, -0.2) is 16.1 Å². The van der Waals surface area contributed by atoms with Crippen LogP contribution in [0.1, 0.15) is 17.2 Å². The first-order valence-electron chi connectivity index (χ1n) is 5.65. The predicted octanol–water partition coefficient (Wildman–Crippen LogP) is 3.91. The molecule has 0 saturated heterocycles. The lowest BCUT2D eigenvalue weighted by Crippen LogP contribution is -2.16. The third-order valence-electron chi connectivity index (χ3n) is 2.74. The molecule has 5 heteroatoms. The zero-order valence-corrected chi connectivity index (χ0v) is 12.2. The molecule has 3 nitrogen and oxygen atoms in total. The van der Waals surface area contributed by atoms with Gasteiger partial charge in [-0.25, -0.2) is 0 Å². The highest BCUT2D eigenvalue weighted by atomic mass is 79.9. The molecule has 0 radical (unpaired) electrons. The number of halogens is 2. The summed E-state index contributed by atoms with van der Waals surface area (Å²) in [6, 6.07) is 10.9. The quantitative estimate of drug-likeness (QED) is 0.918. The number of hydrogen-bond acceptors (Lipinski definition) is 2. The maximum atomic E-state index is 11.4. The van der Waals surface area contributed by atoms with Gasteiger partial charge < -0.3 is 5.11 Å². The van der Waals surface area contributed by atoms with Crippen LogP contribution in [-0.2, 0) is 11.2 Å². The Hall–Kier alpha value is -1.39. The van der Waals surface area contributed by atoms with E-state index in [0.717, 1.165) is 10.0 Å². The van der Waals surface area contributed by atoms with Gasteiger partial charge in [0.1, 0.15) is 5.92 Å². The van der Waals surface area contributed by atoms with Crippen molar-refractivity contribution in [3.63, 3.8) is 0 Å². The second-order valence-corrected chi connectivity index (χ2v) is 5.42. The van der Waals surface area contributed by atoms with Gasteiger partial charge in [0, 0.05) is 10.7 Å². The average molecular weight is 341 g/mol. The number of rotatable bonds is 4. The molecule has 0 aliphatic carbocycles. The molecule has 2 rings (SSSR count). The summed E-state index contributed by atoms with van der Waals surface area (Å²) < 4.78 is 0.918. The Morgan fingerprint density at radius 3 is 2.79 bits per heavy atom. The van der Waals surface area contributed by atoms with Crippen LogP contribution in [0.15, 0.2) is 47.1 Å². The van der Waals surface area contributed by atoms with Gasteiger partial charge in [0.25, 0.3) is 0 Å². The van der Waals surface area contributed by atoms with E-state index in [1.54, 1.807) is 18.3 Å². The van der Waals surface area contributed by atoms with E-state index < -0.39 is 11.9 Å². The maximum absolute atomic E-state index is 11.4. The molecule has 0 bridgehead atoms. The largest absolute Gasteiger partial charge is 0.481 e. The third kappa shape index (κ3) is 3.55. The van der Waals surface area contributed by atoms with E-state index >= 15 is 0 Å². The lowest BCUT2D eigenvalue weighted by atomic mass is 9.96. The minimum Gasteiger partial charge on any atom is -0.481 e. The van der Waals surface area contributed by atoms with Crippen molar-refractivity contribution in [2.24, 2.45) is 0 Å². The van der Waals surface area contributed by atoms with Crippen LogP contribution in [0.4, 0.5) is 0 Å². The van der Waals surface area contributed by atoms with Crippen molar-refractivity contribution in [1.82, 2.24) is 4.98 Å². The number of benzene rings is 1. The number of pyridine rings is 1. The number of hydrogen-bond donors (Lipinski definition) is 1. The van der Waals surface area contributed by atoms with Crippen molar-refractivity contribution < 1.29 is 9.90 Å². The topological polar surface area (TPSA) is 50.2 Å². The highest BCUT2D eigenvalue weighted by molar-refractivity contribution is 9.10. The molecule has 1 aromatic carbocycles. The first-order valence-corrected chi connectivity index (χ1v) is 6.82. The summed E-state index contributed by atoms with van der Waals surface area (Å²) in [6.07, 6.45) is 1.91. The smallest absolute Gasteiger partial charge is 0.312 e. The molecule has 0 aliphatic heterocycles. The molecule has 1 unspecified atom stereocenters. The van der Waals surface area contributed by atoms with Crippen molar-refractivity contribution in [3.8, 4) is 0 Å². The summed E-state index contributed by atoms with van der Waals surface area (Å²) in [5.74, 6) is -1.68. The first kappa shape index (κ1) is 14.0. The SMILES string of the molecule is O=C(O)C(Cc1cccc(Br)c1)c1ncccc1Cl. The van der Waals surface area contributed by atoms with Gasteiger partial charge in [0.05, 0.1) is 10.7 Å². The summed E-state index contributed by atoms with van der Waals surface area (Å²) in [5.41, 5.74) is 1.32. The third-order valence-corrected chi connectivity index (χ3v) is 3.56. The first-order chi connectivity index (χ1) is 9.08. The molecule has 0 saturated carbocycles. The Balaban J connectivity index is 2.32. The lowest BCUT2D eigenvalue weighted by Gasteiger charge is -2.13. The van der Waals surface area contributed by atoms with Gasteiger partial charge in [0.15, 0.2) is 0 Å². The van der Waals surface area contributed by atoms with E-state index in [0.29, 0.717) is 17.1 Å². The van der Waals surface area contributed by atoms with Gasteiger partial charge in [-0.15, -0.1) is 0 Å². The van der Waals surface area contributed by atoms with E-state index in [1.807, 2.05) is 24.3 Å². The number of aromatic nitrogens is 1. The van der Waals surface area contributed by atoms with E-state index in [2.05, 4.69) is 20.9 Å². The van der Waals surface area contributed by atoms with Crippen LogP contribution >= 0.6 is 27.5 Å². The molecule has 0 spiro atoms. The molecule has 1 N–H and O–H groups in total. The average Bonchev–Trinajstić information content (AvgIpc) is 2.37. The second kappa shape index (κ2) is 6.17. The van der Waals surface area contributed by atoms with Gasteiger partial charge in [-0.05, 0) is 36.2 Å². The number of nitrogens with zero attached hydrogens (tertiary/aromatic N) is 1. The van der Waals surface area contributed by atoms with E-state index in [4.69, 9.17) is 11.6 Å². The molecule has 0 amide bonds. The molecular weight excluding hydrogens is 330 g/mol. The van der Waals surface area contributed by atoms with Gasteiger partial charge in [-0.2, -0.15) is 0 Å². The van der Waals surface area contributed by atoms with E-state index in [1.165, 1.54) is 0 Å². The van der Waals surface area contributed by atoms with Crippen LogP contribution in [0.2, 0.25) is 5.02 Å². The number of carboxylic acid groups (broad SMARTS) is 1. The van der Waals surface area contributed by atoms with Crippen molar-refractivity contribution in [3.05, 3.63) is 63.3 Å². The van der Waals surface area contributed by atoms with Crippen molar-refractivity contribution in [2.45, 2.75) is 12.3 Å². The lowest BCUT2D eigenvalue weighted by molar-refractivity contribution is -0.138. The Kier molecular flexibility index (Phi) is 4.56. The minimum atomic E-state index is -0.930. The molecular formula is C14H11BrClNO2. The standard InChI is InChI=1S/C14H11BrClNO2/c15-10-4-1-3-9(7-10)8-11(14(18)19)13-12(16)5-2-6-17-13/h1-7,11H,8H2,(H,18,19). The fraction of sp³-hybridized carbons (Fsp3) is 0.143. The molecule has 0 fully saturated rings. The number of carbonyl (C=O) groups is 1. The summed E-state index contributed by atoms with van der Waals surface area (Å²) in [5, 5.41) is 9.75. The summed E-state index contributed by atoms with van der Waals surface area (Å²) in [6.45, 7) is 0. The zero-order chi connectivity index (χ0) is 13.8. The molecule has 98 valence electrons. The number of aliphatic carboxylic acids is 1. The maximum Gasteiger partial charge on any atom is 0.312 e. The molecule has 1 heterocycles. The Labute approximate surface area is 124 Å². The molecule has 1 atom stereocenters. The highest BCUT2D eigenvalue weighted by Crippen LogP contribution is 2.26. The molecule has 19 heavy (non-hydrogen) atoms. The second-order valence-electron chi connectivity index (χ2n) is 4.10. The van der Waals surface area contributed by atoms with Gasteiger partial charge in [-0.3, -0.25) is 9.78 Å². The highest BCUT2D eigenvalue weighted by Gasteiger charge is 2.24. The Bertz CT molecular complexity index is 604. The van der Waals surface area contributed by atoms with Crippen LogP contribution in [0.25, 0.3) is 0 Å².